The van der Waals surface area contributed by atoms with Gasteiger partial charge in [-0.25, -0.2) is 14.0 Å². The van der Waals surface area contributed by atoms with Crippen molar-refractivity contribution in [2.24, 2.45) is 0 Å². The molecule has 0 spiro atoms. The van der Waals surface area contributed by atoms with Gasteiger partial charge in [-0.1, -0.05) is 6.07 Å². The molecule has 0 aliphatic rings. The Morgan fingerprint density at radius 3 is 2.48 bits per heavy atom. The van der Waals surface area contributed by atoms with E-state index >= 15 is 0 Å². The van der Waals surface area contributed by atoms with Crippen molar-refractivity contribution < 1.29 is 24.2 Å². The van der Waals surface area contributed by atoms with Crippen LogP contribution in [0.5, 0.6) is 0 Å². The highest BCUT2D eigenvalue weighted by atomic mass is 19.1. The van der Waals surface area contributed by atoms with Crippen molar-refractivity contribution >= 4 is 22.8 Å². The topological polar surface area (TPSA) is 90.4 Å². The Bertz CT molecular complexity index is 959. The number of H-pyrrole nitrogens is 1. The van der Waals surface area contributed by atoms with Gasteiger partial charge in [0.1, 0.15) is 5.82 Å². The quantitative estimate of drug-likeness (QED) is 0.688. The average Bonchev–Trinajstić information content (AvgIpc) is 2.94. The monoisotopic (exact) mass is 313 g/mol. The number of aromatic amines is 1. The number of carboxylic acid groups (broad SMARTS) is 2. The van der Waals surface area contributed by atoms with Gasteiger partial charge in [-0.3, -0.25) is 0 Å². The van der Waals surface area contributed by atoms with Crippen LogP contribution in [-0.4, -0.2) is 27.1 Å². The van der Waals surface area contributed by atoms with Gasteiger partial charge < -0.3 is 15.2 Å². The van der Waals surface area contributed by atoms with Crippen LogP contribution in [0.1, 0.15) is 26.3 Å². The number of hydrogen-bond donors (Lipinski definition) is 3. The van der Waals surface area contributed by atoms with Crippen molar-refractivity contribution in [3.05, 3.63) is 59.0 Å². The van der Waals surface area contributed by atoms with Crippen LogP contribution in [0.15, 0.2) is 36.5 Å². The van der Waals surface area contributed by atoms with Crippen LogP contribution in [0.4, 0.5) is 4.39 Å². The minimum atomic E-state index is -1.25. The summed E-state index contributed by atoms with van der Waals surface area (Å²) in [4.78, 5) is 25.5. The van der Waals surface area contributed by atoms with Gasteiger partial charge >= 0.3 is 11.9 Å². The van der Waals surface area contributed by atoms with Gasteiger partial charge in [0.15, 0.2) is 0 Å². The first-order valence-corrected chi connectivity index (χ1v) is 6.77. The molecule has 0 atom stereocenters. The number of fused-ring (bicyclic) bond motifs is 1. The van der Waals surface area contributed by atoms with Crippen LogP contribution >= 0.6 is 0 Å². The van der Waals surface area contributed by atoms with E-state index in [0.717, 1.165) is 0 Å². The van der Waals surface area contributed by atoms with Gasteiger partial charge in [0, 0.05) is 11.6 Å². The van der Waals surface area contributed by atoms with Crippen LogP contribution in [-0.2, 0) is 0 Å². The van der Waals surface area contributed by atoms with Crippen molar-refractivity contribution in [1.29, 1.82) is 0 Å². The summed E-state index contributed by atoms with van der Waals surface area (Å²) in [5.41, 5.74) is 0.907. The molecule has 23 heavy (non-hydrogen) atoms. The average molecular weight is 313 g/mol. The zero-order valence-corrected chi connectivity index (χ0v) is 12.1. The standard InChI is InChI=1S/C17H12FNO4/c1-8-11(16(20)21)2-3-12(14(8)17(22)23)10-6-9-4-5-19-15(9)13(18)7-10/h2-7,19H,1H3,(H,20,21)(H,22,23). The van der Waals surface area contributed by atoms with Gasteiger partial charge in [-0.2, -0.15) is 0 Å². The molecule has 0 bridgehead atoms. The van der Waals surface area contributed by atoms with Crippen molar-refractivity contribution in [2.45, 2.75) is 6.92 Å². The second-order valence-corrected chi connectivity index (χ2v) is 5.17. The lowest BCUT2D eigenvalue weighted by Crippen LogP contribution is -2.09. The molecule has 3 aromatic rings. The molecule has 0 fully saturated rings. The summed E-state index contributed by atoms with van der Waals surface area (Å²) in [6, 6.07) is 7.31. The van der Waals surface area contributed by atoms with E-state index in [1.165, 1.54) is 25.1 Å². The largest absolute Gasteiger partial charge is 0.478 e. The Kier molecular flexibility index (Phi) is 3.37. The fraction of sp³-hybridized carbons (Fsp3) is 0.0588. The number of carbonyl (C=O) groups is 2. The molecule has 0 aliphatic heterocycles. The van der Waals surface area contributed by atoms with Crippen LogP contribution in [0.25, 0.3) is 22.0 Å². The Hall–Kier alpha value is -3.15. The number of nitrogens with one attached hydrogen (secondary N) is 1. The molecular formula is C17H12FNO4. The van der Waals surface area contributed by atoms with E-state index in [0.29, 0.717) is 16.5 Å². The molecule has 3 rings (SSSR count). The highest BCUT2D eigenvalue weighted by Gasteiger charge is 2.21. The lowest BCUT2D eigenvalue weighted by atomic mass is 9.92. The maximum absolute atomic E-state index is 14.1. The summed E-state index contributed by atoms with van der Waals surface area (Å²) < 4.78 is 14.1. The van der Waals surface area contributed by atoms with Crippen molar-refractivity contribution in [1.82, 2.24) is 4.98 Å². The van der Waals surface area contributed by atoms with E-state index in [1.54, 1.807) is 18.3 Å². The maximum Gasteiger partial charge on any atom is 0.336 e. The number of aromatic nitrogens is 1. The van der Waals surface area contributed by atoms with Gasteiger partial charge in [0.05, 0.1) is 16.6 Å². The molecule has 0 unspecified atom stereocenters. The van der Waals surface area contributed by atoms with Gasteiger partial charge in [-0.05, 0) is 47.9 Å². The summed E-state index contributed by atoms with van der Waals surface area (Å²) in [5, 5.41) is 19.2. The van der Waals surface area contributed by atoms with Crippen molar-refractivity contribution in [2.75, 3.05) is 0 Å². The second kappa shape index (κ2) is 5.24. The molecule has 2 aromatic carbocycles. The van der Waals surface area contributed by atoms with Crippen LogP contribution in [0, 0.1) is 12.7 Å². The first-order valence-electron chi connectivity index (χ1n) is 6.77. The Labute approximate surface area is 130 Å². The number of hydrogen-bond acceptors (Lipinski definition) is 2. The van der Waals surface area contributed by atoms with E-state index in [2.05, 4.69) is 4.98 Å². The molecular weight excluding hydrogens is 301 g/mol. The highest BCUT2D eigenvalue weighted by Crippen LogP contribution is 2.31. The molecule has 0 saturated heterocycles. The highest BCUT2D eigenvalue weighted by molar-refractivity contribution is 6.02. The van der Waals surface area contributed by atoms with Crippen molar-refractivity contribution in [3.63, 3.8) is 0 Å². The predicted molar refractivity (Wildman–Crippen MR) is 82.3 cm³/mol. The number of aromatic carboxylic acids is 2. The number of halogens is 1. The number of rotatable bonds is 3. The minimum absolute atomic E-state index is 0.0886. The minimum Gasteiger partial charge on any atom is -0.478 e. The Balaban J connectivity index is 2.31. The normalized spacial score (nSPS) is 10.9. The smallest absolute Gasteiger partial charge is 0.336 e. The second-order valence-electron chi connectivity index (χ2n) is 5.17. The summed E-state index contributed by atoms with van der Waals surface area (Å²) in [6.07, 6.45) is 1.59. The fourth-order valence-electron chi connectivity index (χ4n) is 2.74. The molecule has 0 saturated carbocycles. The number of carboxylic acids is 2. The maximum atomic E-state index is 14.1. The molecule has 116 valence electrons. The molecule has 6 heteroatoms. The molecule has 1 aromatic heterocycles. The Morgan fingerprint density at radius 1 is 1.09 bits per heavy atom. The third-order valence-electron chi connectivity index (χ3n) is 3.83. The third kappa shape index (κ3) is 2.34. The van der Waals surface area contributed by atoms with E-state index < -0.39 is 17.8 Å². The lowest BCUT2D eigenvalue weighted by Gasteiger charge is -2.12. The number of benzene rings is 2. The molecule has 1 heterocycles. The molecule has 0 amide bonds. The van der Waals surface area contributed by atoms with E-state index in [9.17, 15) is 19.1 Å². The van der Waals surface area contributed by atoms with Gasteiger partial charge in [0.2, 0.25) is 0 Å². The summed E-state index contributed by atoms with van der Waals surface area (Å²) in [6.45, 7) is 1.43. The fourth-order valence-corrected chi connectivity index (χ4v) is 2.74. The SMILES string of the molecule is Cc1c(C(=O)O)ccc(-c2cc(F)c3[nH]ccc3c2)c1C(=O)O. The van der Waals surface area contributed by atoms with Crippen LogP contribution in [0.3, 0.4) is 0 Å². The first kappa shape index (κ1) is 14.8. The van der Waals surface area contributed by atoms with Crippen LogP contribution < -0.4 is 0 Å². The third-order valence-corrected chi connectivity index (χ3v) is 3.83. The van der Waals surface area contributed by atoms with Gasteiger partial charge in [-0.15, -0.1) is 0 Å². The molecule has 0 aliphatic carbocycles. The zero-order chi connectivity index (χ0) is 16.7. The van der Waals surface area contributed by atoms with E-state index in [4.69, 9.17) is 5.11 Å². The first-order chi connectivity index (χ1) is 10.9. The summed E-state index contributed by atoms with van der Waals surface area (Å²) in [5.74, 6) is -2.96. The summed E-state index contributed by atoms with van der Waals surface area (Å²) >= 11 is 0. The molecule has 3 N–H and O–H groups in total. The Morgan fingerprint density at radius 2 is 1.83 bits per heavy atom. The van der Waals surface area contributed by atoms with Gasteiger partial charge in [0.25, 0.3) is 0 Å². The lowest BCUT2D eigenvalue weighted by molar-refractivity contribution is 0.0696. The molecule has 5 nitrogen and oxygen atoms in total. The zero-order valence-electron chi connectivity index (χ0n) is 12.1. The van der Waals surface area contributed by atoms with Crippen molar-refractivity contribution in [3.8, 4) is 11.1 Å². The van der Waals surface area contributed by atoms with Crippen LogP contribution in [0.2, 0.25) is 0 Å². The van der Waals surface area contributed by atoms with E-state index in [-0.39, 0.29) is 22.3 Å². The predicted octanol–water partition coefficient (Wildman–Crippen LogP) is 3.68. The molecule has 0 radical (unpaired) electrons. The summed E-state index contributed by atoms with van der Waals surface area (Å²) in [7, 11) is 0. The van der Waals surface area contributed by atoms with E-state index in [1.807, 2.05) is 0 Å².